The number of carbonyl (C=O) groups is 2. The summed E-state index contributed by atoms with van der Waals surface area (Å²) in [7, 11) is 2.84. The third-order valence-electron chi connectivity index (χ3n) is 7.80. The van der Waals surface area contributed by atoms with Gasteiger partial charge < -0.3 is 14.2 Å². The van der Waals surface area contributed by atoms with Gasteiger partial charge in [-0.15, -0.1) is 0 Å². The first-order valence-corrected chi connectivity index (χ1v) is 13.8. The second kappa shape index (κ2) is 13.1. The number of ether oxygens (including phenoxy) is 3. The maximum absolute atomic E-state index is 13.5. The van der Waals surface area contributed by atoms with E-state index < -0.39 is 48.6 Å². The van der Waals surface area contributed by atoms with Crippen LogP contribution < -0.4 is 4.74 Å². The number of allylic oxidation sites excluding steroid dienone is 4. The number of esters is 1. The van der Waals surface area contributed by atoms with E-state index >= 15 is 0 Å². The summed E-state index contributed by atoms with van der Waals surface area (Å²) in [4.78, 5) is 26.4. The summed E-state index contributed by atoms with van der Waals surface area (Å²) < 4.78 is 94.4. The molecule has 1 heterocycles. The summed E-state index contributed by atoms with van der Waals surface area (Å²) >= 11 is 0. The Morgan fingerprint density at radius 1 is 1.16 bits per heavy atom. The molecule has 1 aliphatic heterocycles. The summed E-state index contributed by atoms with van der Waals surface area (Å²) in [5.41, 5.74) is 1.75. The van der Waals surface area contributed by atoms with E-state index in [1.807, 2.05) is 6.07 Å². The van der Waals surface area contributed by atoms with Crippen molar-refractivity contribution in [1.82, 2.24) is 4.90 Å². The van der Waals surface area contributed by atoms with Crippen LogP contribution in [0.1, 0.15) is 64.5 Å². The lowest BCUT2D eigenvalue weighted by Gasteiger charge is -2.36. The lowest BCUT2D eigenvalue weighted by Crippen LogP contribution is -2.37. The summed E-state index contributed by atoms with van der Waals surface area (Å²) in [6.07, 6.45) is -10.5. The smallest absolute Gasteiger partial charge is 0.416 e. The number of carbonyl (C=O) groups excluding carboxylic acids is 2. The lowest BCUT2D eigenvalue weighted by molar-refractivity contribution is -0.139. The van der Waals surface area contributed by atoms with Crippen molar-refractivity contribution in [3.8, 4) is 5.75 Å². The minimum Gasteiger partial charge on any atom is -0.496 e. The number of cyclic esters (lactones) is 1. The van der Waals surface area contributed by atoms with Gasteiger partial charge in [0, 0.05) is 12.1 Å². The first kappa shape index (κ1) is 34.1. The molecule has 43 heavy (non-hydrogen) atoms. The number of halogens is 6. The lowest BCUT2D eigenvalue weighted by atomic mass is 9.72. The molecule has 0 radical (unpaired) electrons. The van der Waals surface area contributed by atoms with Crippen LogP contribution in [0.2, 0.25) is 0 Å². The quantitative estimate of drug-likeness (QED) is 0.160. The fraction of sp³-hybridized carbons (Fsp3) is 0.548. The number of amides is 1. The van der Waals surface area contributed by atoms with Gasteiger partial charge in [-0.2, -0.15) is 26.3 Å². The molecule has 0 bridgehead atoms. The van der Waals surface area contributed by atoms with Gasteiger partial charge in [0.15, 0.2) is 0 Å². The van der Waals surface area contributed by atoms with Gasteiger partial charge in [0.1, 0.15) is 11.9 Å². The molecule has 238 valence electrons. The Hall–Kier alpha value is -3.44. The zero-order valence-corrected chi connectivity index (χ0v) is 25.0. The predicted octanol–water partition coefficient (Wildman–Crippen LogP) is 7.97. The van der Waals surface area contributed by atoms with E-state index in [0.29, 0.717) is 30.2 Å². The van der Waals surface area contributed by atoms with E-state index in [4.69, 9.17) is 14.2 Å². The molecule has 1 amide bonds. The molecule has 2 aliphatic rings. The highest BCUT2D eigenvalue weighted by Crippen LogP contribution is 2.45. The highest BCUT2D eigenvalue weighted by atomic mass is 19.4. The molecule has 0 saturated carbocycles. The van der Waals surface area contributed by atoms with Gasteiger partial charge in [-0.05, 0) is 79.0 Å². The van der Waals surface area contributed by atoms with E-state index in [1.165, 1.54) is 26.0 Å². The number of methoxy groups -OCH3 is 2. The molecular formula is C31H37F6NO5. The molecule has 0 spiro atoms. The Balaban J connectivity index is 1.98. The highest BCUT2D eigenvalue weighted by Gasteiger charge is 2.42. The maximum Gasteiger partial charge on any atom is 0.416 e. The molecule has 6 nitrogen and oxygen atoms in total. The SMILES string of the molecule is COC(=O)Cc1ccc(OC)c(C2=C(CN3C(=O)O[C@H](/C(C)=C/C(=C\CC(F)(F)F)C(F)(F)F)[C@@H]3C)CC(C)(C)CC2)c1. The van der Waals surface area contributed by atoms with Crippen molar-refractivity contribution >= 4 is 17.6 Å². The summed E-state index contributed by atoms with van der Waals surface area (Å²) in [6, 6.07) is 4.69. The topological polar surface area (TPSA) is 65.1 Å². The van der Waals surface area contributed by atoms with Gasteiger partial charge in [0.25, 0.3) is 0 Å². The van der Waals surface area contributed by atoms with Gasteiger partial charge in [0.05, 0.1) is 38.7 Å². The van der Waals surface area contributed by atoms with E-state index in [0.717, 1.165) is 23.1 Å². The van der Waals surface area contributed by atoms with Crippen LogP contribution in [0, 0.1) is 5.41 Å². The van der Waals surface area contributed by atoms with Crippen molar-refractivity contribution in [3.63, 3.8) is 0 Å². The standard InChI is InChI=1S/C31H37F6NO5/c1-18(13-22(31(35,36)37)9-12-30(32,33)34)27-19(2)38(28(40)43-27)17-21-16-29(3,4)11-10-23(21)24-14-20(15-26(39)42-6)7-8-25(24)41-5/h7-9,13-14,19,27H,10-12,15-17H2,1-6H3/b18-13+,22-9+/t19-,27+/m0/s1. The van der Waals surface area contributed by atoms with Crippen molar-refractivity contribution in [1.29, 1.82) is 0 Å². The minimum atomic E-state index is -5.02. The van der Waals surface area contributed by atoms with Gasteiger partial charge in [-0.3, -0.25) is 9.69 Å². The van der Waals surface area contributed by atoms with E-state index in [9.17, 15) is 35.9 Å². The second-order valence-electron chi connectivity index (χ2n) is 11.7. The largest absolute Gasteiger partial charge is 0.496 e. The molecule has 0 N–H and O–H groups in total. The molecule has 0 unspecified atom stereocenters. The molecule has 3 rings (SSSR count). The van der Waals surface area contributed by atoms with Gasteiger partial charge in [-0.25, -0.2) is 4.79 Å². The number of rotatable bonds is 9. The molecule has 1 aliphatic carbocycles. The van der Waals surface area contributed by atoms with Crippen LogP contribution in [0.4, 0.5) is 31.1 Å². The number of benzene rings is 1. The molecule has 0 aromatic heterocycles. The average molecular weight is 618 g/mol. The fourth-order valence-corrected chi connectivity index (χ4v) is 5.53. The fourth-order valence-electron chi connectivity index (χ4n) is 5.53. The highest BCUT2D eigenvalue weighted by molar-refractivity contribution is 5.78. The zero-order valence-electron chi connectivity index (χ0n) is 25.0. The summed E-state index contributed by atoms with van der Waals surface area (Å²) in [5.74, 6) is 0.181. The average Bonchev–Trinajstić information content (AvgIpc) is 3.17. The Kier molecular flexibility index (Phi) is 10.3. The van der Waals surface area contributed by atoms with Gasteiger partial charge >= 0.3 is 24.4 Å². The molecule has 2 atom stereocenters. The third kappa shape index (κ3) is 8.79. The van der Waals surface area contributed by atoms with Gasteiger partial charge in [-0.1, -0.05) is 26.0 Å². The normalized spacial score (nSPS) is 21.7. The molecule has 1 saturated heterocycles. The van der Waals surface area contributed by atoms with Crippen molar-refractivity contribution in [2.24, 2.45) is 5.41 Å². The Morgan fingerprint density at radius 2 is 1.84 bits per heavy atom. The third-order valence-corrected chi connectivity index (χ3v) is 7.80. The molecular weight excluding hydrogens is 580 g/mol. The monoisotopic (exact) mass is 617 g/mol. The molecule has 12 heteroatoms. The van der Waals surface area contributed by atoms with Crippen LogP contribution in [-0.4, -0.2) is 62.2 Å². The summed E-state index contributed by atoms with van der Waals surface area (Å²) in [6.45, 7) is 7.26. The number of hydrogen-bond donors (Lipinski definition) is 0. The first-order chi connectivity index (χ1) is 19.8. The molecule has 1 aromatic rings. The van der Waals surface area contributed by atoms with E-state index in [1.54, 1.807) is 19.1 Å². The second-order valence-corrected chi connectivity index (χ2v) is 11.7. The van der Waals surface area contributed by atoms with Crippen LogP contribution in [0.3, 0.4) is 0 Å². The zero-order chi connectivity index (χ0) is 32.3. The van der Waals surface area contributed by atoms with Crippen LogP contribution >= 0.6 is 0 Å². The minimum absolute atomic E-state index is 0.0237. The van der Waals surface area contributed by atoms with Crippen LogP contribution in [0.5, 0.6) is 5.75 Å². The number of alkyl halides is 6. The van der Waals surface area contributed by atoms with Crippen molar-refractivity contribution < 1.29 is 50.1 Å². The molecule has 1 aromatic carbocycles. The molecule has 1 fully saturated rings. The predicted molar refractivity (Wildman–Crippen MR) is 148 cm³/mol. The van der Waals surface area contributed by atoms with Crippen molar-refractivity contribution in [3.05, 3.63) is 58.2 Å². The Bertz CT molecular complexity index is 1310. The van der Waals surface area contributed by atoms with E-state index in [2.05, 4.69) is 13.8 Å². The van der Waals surface area contributed by atoms with Crippen LogP contribution in [0.25, 0.3) is 5.57 Å². The maximum atomic E-state index is 13.5. The van der Waals surface area contributed by atoms with Crippen LogP contribution in [0.15, 0.2) is 47.1 Å². The Morgan fingerprint density at radius 3 is 2.42 bits per heavy atom. The number of nitrogens with zero attached hydrogens (tertiary/aromatic N) is 1. The first-order valence-electron chi connectivity index (χ1n) is 13.8. The summed E-state index contributed by atoms with van der Waals surface area (Å²) in [5, 5.41) is 0. The van der Waals surface area contributed by atoms with Crippen molar-refractivity contribution in [2.75, 3.05) is 20.8 Å². The van der Waals surface area contributed by atoms with Crippen LogP contribution in [-0.2, 0) is 20.7 Å². The van der Waals surface area contributed by atoms with Crippen molar-refractivity contribution in [2.45, 2.75) is 84.3 Å². The number of hydrogen-bond acceptors (Lipinski definition) is 5. The Labute approximate surface area is 247 Å². The van der Waals surface area contributed by atoms with Gasteiger partial charge in [0.2, 0.25) is 0 Å². The van der Waals surface area contributed by atoms with E-state index in [-0.39, 0.29) is 30.0 Å².